The number of rotatable bonds is 2. The van der Waals surface area contributed by atoms with Crippen LogP contribution in [0.1, 0.15) is 11.6 Å². The van der Waals surface area contributed by atoms with E-state index in [0.717, 1.165) is 30.1 Å². The number of furan rings is 1. The number of hydrogen-bond donors (Lipinski definition) is 1. The van der Waals surface area contributed by atoms with E-state index in [1.54, 1.807) is 6.26 Å². The molecule has 0 aromatic carbocycles. The van der Waals surface area contributed by atoms with E-state index in [9.17, 15) is 0 Å². The van der Waals surface area contributed by atoms with Crippen molar-refractivity contribution in [1.29, 1.82) is 0 Å². The molecule has 0 aliphatic carbocycles. The summed E-state index contributed by atoms with van der Waals surface area (Å²) in [5.74, 6) is 0.813. The molecule has 5 nitrogen and oxygen atoms in total. The molecule has 15 heavy (non-hydrogen) atoms. The Morgan fingerprint density at radius 2 is 2.40 bits per heavy atom. The minimum atomic E-state index is 0.446. The summed E-state index contributed by atoms with van der Waals surface area (Å²) in [5.41, 5.74) is 1.90. The van der Waals surface area contributed by atoms with E-state index in [2.05, 4.69) is 15.6 Å². The van der Waals surface area contributed by atoms with Crippen LogP contribution in [0.3, 0.4) is 0 Å². The van der Waals surface area contributed by atoms with Gasteiger partial charge < -0.3 is 9.73 Å². The average Bonchev–Trinajstić information content (AvgIpc) is 2.70. The molecule has 3 heterocycles. The van der Waals surface area contributed by atoms with Crippen molar-refractivity contribution in [1.82, 2.24) is 20.3 Å². The van der Waals surface area contributed by atoms with Gasteiger partial charge in [-0.15, -0.1) is 5.10 Å². The average molecular weight is 204 g/mol. The van der Waals surface area contributed by atoms with Gasteiger partial charge in [0.15, 0.2) is 5.76 Å². The SMILES string of the molecule is Cc1ccoc1-c1cn(C2CNC2)nn1. The van der Waals surface area contributed by atoms with Crippen LogP contribution in [0.2, 0.25) is 0 Å². The smallest absolute Gasteiger partial charge is 0.158 e. The highest BCUT2D eigenvalue weighted by molar-refractivity contribution is 5.54. The molecule has 0 spiro atoms. The van der Waals surface area contributed by atoms with E-state index in [1.807, 2.05) is 23.9 Å². The first-order valence-electron chi connectivity index (χ1n) is 5.01. The van der Waals surface area contributed by atoms with Gasteiger partial charge in [0.25, 0.3) is 0 Å². The number of nitrogens with one attached hydrogen (secondary N) is 1. The van der Waals surface area contributed by atoms with Crippen LogP contribution in [0.4, 0.5) is 0 Å². The molecule has 0 radical (unpaired) electrons. The Morgan fingerprint density at radius 3 is 3.00 bits per heavy atom. The second-order valence-corrected chi connectivity index (χ2v) is 3.83. The maximum atomic E-state index is 5.36. The summed E-state index contributed by atoms with van der Waals surface area (Å²) in [4.78, 5) is 0. The summed E-state index contributed by atoms with van der Waals surface area (Å²) in [5, 5.41) is 11.4. The summed E-state index contributed by atoms with van der Waals surface area (Å²) in [6.45, 7) is 3.95. The lowest BCUT2D eigenvalue weighted by Gasteiger charge is -2.26. The molecule has 0 unspecified atom stereocenters. The summed E-state index contributed by atoms with van der Waals surface area (Å²) in [6, 6.07) is 2.38. The molecule has 0 amide bonds. The molecule has 2 aromatic rings. The third-order valence-electron chi connectivity index (χ3n) is 2.74. The van der Waals surface area contributed by atoms with Crippen LogP contribution in [0.5, 0.6) is 0 Å². The number of hydrogen-bond acceptors (Lipinski definition) is 4. The van der Waals surface area contributed by atoms with Crippen molar-refractivity contribution in [3.8, 4) is 11.5 Å². The van der Waals surface area contributed by atoms with E-state index in [1.165, 1.54) is 0 Å². The quantitative estimate of drug-likeness (QED) is 0.792. The molecule has 2 aromatic heterocycles. The lowest BCUT2D eigenvalue weighted by Crippen LogP contribution is -2.43. The molecule has 0 bridgehead atoms. The van der Waals surface area contributed by atoms with Gasteiger partial charge in [0, 0.05) is 13.1 Å². The highest BCUT2D eigenvalue weighted by Gasteiger charge is 2.21. The number of aromatic nitrogens is 3. The second-order valence-electron chi connectivity index (χ2n) is 3.83. The zero-order chi connectivity index (χ0) is 10.3. The van der Waals surface area contributed by atoms with Crippen molar-refractivity contribution >= 4 is 0 Å². The lowest BCUT2D eigenvalue weighted by atomic mass is 10.2. The normalized spacial score (nSPS) is 16.6. The molecule has 1 fully saturated rings. The highest BCUT2D eigenvalue weighted by atomic mass is 16.3. The van der Waals surface area contributed by atoms with E-state index >= 15 is 0 Å². The first-order chi connectivity index (χ1) is 7.34. The Hall–Kier alpha value is -1.62. The van der Waals surface area contributed by atoms with E-state index in [-0.39, 0.29) is 0 Å². The molecule has 1 N–H and O–H groups in total. The molecule has 1 aliphatic heterocycles. The third kappa shape index (κ3) is 1.35. The van der Waals surface area contributed by atoms with Crippen molar-refractivity contribution in [2.24, 2.45) is 0 Å². The Bertz CT molecular complexity index is 469. The van der Waals surface area contributed by atoms with E-state index in [0.29, 0.717) is 6.04 Å². The van der Waals surface area contributed by atoms with Crippen molar-refractivity contribution in [2.45, 2.75) is 13.0 Å². The fourth-order valence-corrected chi connectivity index (χ4v) is 1.65. The van der Waals surface area contributed by atoms with Gasteiger partial charge in [-0.1, -0.05) is 5.21 Å². The summed E-state index contributed by atoms with van der Waals surface area (Å²) < 4.78 is 7.26. The minimum absolute atomic E-state index is 0.446. The molecular formula is C10H12N4O. The van der Waals surface area contributed by atoms with Gasteiger partial charge in [-0.25, -0.2) is 4.68 Å². The van der Waals surface area contributed by atoms with Crippen LogP contribution >= 0.6 is 0 Å². The van der Waals surface area contributed by atoms with Gasteiger partial charge in [-0.3, -0.25) is 0 Å². The Kier molecular flexibility index (Phi) is 1.85. The lowest BCUT2D eigenvalue weighted by molar-refractivity contribution is 0.313. The first kappa shape index (κ1) is 8.67. The summed E-state index contributed by atoms with van der Waals surface area (Å²) in [6.07, 6.45) is 3.62. The molecule has 3 rings (SSSR count). The largest absolute Gasteiger partial charge is 0.462 e. The topological polar surface area (TPSA) is 55.9 Å². The van der Waals surface area contributed by atoms with Crippen LogP contribution < -0.4 is 5.32 Å². The van der Waals surface area contributed by atoms with Crippen LogP contribution in [-0.4, -0.2) is 28.1 Å². The molecule has 78 valence electrons. The van der Waals surface area contributed by atoms with Crippen molar-refractivity contribution in [3.05, 3.63) is 24.1 Å². The summed E-state index contributed by atoms with van der Waals surface area (Å²) in [7, 11) is 0. The van der Waals surface area contributed by atoms with Crippen LogP contribution in [0.15, 0.2) is 22.9 Å². The third-order valence-corrected chi connectivity index (χ3v) is 2.74. The van der Waals surface area contributed by atoms with Gasteiger partial charge in [-0.05, 0) is 18.6 Å². The van der Waals surface area contributed by atoms with E-state index in [4.69, 9.17) is 4.42 Å². The van der Waals surface area contributed by atoms with Crippen LogP contribution in [0, 0.1) is 6.92 Å². The highest BCUT2D eigenvalue weighted by Crippen LogP contribution is 2.22. The second kappa shape index (κ2) is 3.20. The van der Waals surface area contributed by atoms with E-state index < -0.39 is 0 Å². The monoisotopic (exact) mass is 204 g/mol. The molecule has 5 heteroatoms. The van der Waals surface area contributed by atoms with Gasteiger partial charge in [0.05, 0.1) is 18.5 Å². The molecular weight excluding hydrogens is 192 g/mol. The van der Waals surface area contributed by atoms with Crippen molar-refractivity contribution in [3.63, 3.8) is 0 Å². The Morgan fingerprint density at radius 1 is 1.53 bits per heavy atom. The van der Waals surface area contributed by atoms with Crippen LogP contribution in [0.25, 0.3) is 11.5 Å². The van der Waals surface area contributed by atoms with Gasteiger partial charge in [0.2, 0.25) is 0 Å². The number of nitrogens with zero attached hydrogens (tertiary/aromatic N) is 3. The fraction of sp³-hybridized carbons (Fsp3) is 0.400. The van der Waals surface area contributed by atoms with Gasteiger partial charge in [0.1, 0.15) is 5.69 Å². The van der Waals surface area contributed by atoms with Crippen molar-refractivity contribution in [2.75, 3.05) is 13.1 Å². The Balaban J connectivity index is 1.93. The maximum Gasteiger partial charge on any atom is 0.158 e. The zero-order valence-corrected chi connectivity index (χ0v) is 8.47. The standard InChI is InChI=1S/C10H12N4O/c1-7-2-3-15-10(7)9-6-14(13-12-9)8-4-11-5-8/h2-3,6,8,11H,4-5H2,1H3. The Labute approximate surface area is 87.1 Å². The maximum absolute atomic E-state index is 5.36. The van der Waals surface area contributed by atoms with Crippen LogP contribution in [-0.2, 0) is 0 Å². The molecule has 0 atom stereocenters. The van der Waals surface area contributed by atoms with Gasteiger partial charge in [-0.2, -0.15) is 0 Å². The number of aryl methyl sites for hydroxylation is 1. The fourth-order valence-electron chi connectivity index (χ4n) is 1.65. The molecule has 0 saturated carbocycles. The van der Waals surface area contributed by atoms with Crippen molar-refractivity contribution < 1.29 is 4.42 Å². The predicted molar refractivity (Wildman–Crippen MR) is 54.4 cm³/mol. The molecule has 1 aliphatic rings. The zero-order valence-electron chi connectivity index (χ0n) is 8.47. The predicted octanol–water partition coefficient (Wildman–Crippen LogP) is 0.991. The minimum Gasteiger partial charge on any atom is -0.462 e. The first-order valence-corrected chi connectivity index (χ1v) is 5.01. The summed E-state index contributed by atoms with van der Waals surface area (Å²) >= 11 is 0. The van der Waals surface area contributed by atoms with Gasteiger partial charge >= 0.3 is 0 Å². The molecule has 1 saturated heterocycles.